The van der Waals surface area contributed by atoms with Crippen molar-refractivity contribution in [3.8, 4) is 0 Å². The zero-order valence-corrected chi connectivity index (χ0v) is 13.4. The summed E-state index contributed by atoms with van der Waals surface area (Å²) in [5.41, 5.74) is 6.81. The molecule has 0 radical (unpaired) electrons. The number of carbonyl (C=O) groups is 1. The summed E-state index contributed by atoms with van der Waals surface area (Å²) >= 11 is 0. The van der Waals surface area contributed by atoms with Crippen LogP contribution >= 0.6 is 0 Å². The van der Waals surface area contributed by atoms with Crippen molar-refractivity contribution in [3.63, 3.8) is 0 Å². The summed E-state index contributed by atoms with van der Waals surface area (Å²) in [6, 6.07) is 14.3. The molecule has 0 unspecified atom stereocenters. The molecule has 2 aromatic carbocycles. The molecule has 1 amide bonds. The lowest BCUT2D eigenvalue weighted by atomic mass is 10.1. The molecule has 1 aromatic heterocycles. The van der Waals surface area contributed by atoms with Gasteiger partial charge in [0.25, 0.3) is 5.91 Å². The number of hydrogen-bond donors (Lipinski definition) is 3. The quantitative estimate of drug-likeness (QED) is 0.384. The lowest BCUT2D eigenvalue weighted by Gasteiger charge is -1.99. The standard InChI is InChI=1S/C19H19N3O2/c1-13-2-4-14(5-3-13)7-10-18-20-16-9-6-15(12-17(16)21-18)8-11-19(23)22-24/h2-6,8-9,11-12,24H,7,10H2,1H3,(H,20,21)(H,22,23)/b11-8+. The van der Waals surface area contributed by atoms with Gasteiger partial charge in [0.2, 0.25) is 0 Å². The Kier molecular flexibility index (Phi) is 4.72. The maximum absolute atomic E-state index is 11.0. The molecule has 3 aromatic rings. The van der Waals surface area contributed by atoms with Gasteiger partial charge in [0.1, 0.15) is 5.82 Å². The predicted molar refractivity (Wildman–Crippen MR) is 93.6 cm³/mol. The maximum atomic E-state index is 11.0. The first-order valence-electron chi connectivity index (χ1n) is 7.80. The maximum Gasteiger partial charge on any atom is 0.267 e. The molecule has 3 rings (SSSR count). The van der Waals surface area contributed by atoms with Gasteiger partial charge in [-0.2, -0.15) is 0 Å². The summed E-state index contributed by atoms with van der Waals surface area (Å²) in [4.78, 5) is 18.9. The fraction of sp³-hybridized carbons (Fsp3) is 0.158. The molecule has 122 valence electrons. The number of rotatable bonds is 5. The second-order valence-electron chi connectivity index (χ2n) is 5.76. The van der Waals surface area contributed by atoms with E-state index in [0.29, 0.717) is 0 Å². The van der Waals surface area contributed by atoms with Gasteiger partial charge in [-0.25, -0.2) is 10.5 Å². The number of amides is 1. The predicted octanol–water partition coefficient (Wildman–Crippen LogP) is 3.18. The van der Waals surface area contributed by atoms with E-state index in [-0.39, 0.29) is 0 Å². The Morgan fingerprint density at radius 2 is 2.00 bits per heavy atom. The molecule has 0 atom stereocenters. The first-order valence-corrected chi connectivity index (χ1v) is 7.80. The van der Waals surface area contributed by atoms with E-state index in [4.69, 9.17) is 5.21 Å². The second kappa shape index (κ2) is 7.10. The normalized spacial score (nSPS) is 11.2. The zero-order valence-electron chi connectivity index (χ0n) is 13.4. The molecule has 0 saturated heterocycles. The van der Waals surface area contributed by atoms with Crippen LogP contribution in [0.1, 0.15) is 22.5 Å². The van der Waals surface area contributed by atoms with Crippen LogP contribution in [0.5, 0.6) is 0 Å². The topological polar surface area (TPSA) is 78.0 Å². The van der Waals surface area contributed by atoms with Gasteiger partial charge in [-0.3, -0.25) is 10.0 Å². The van der Waals surface area contributed by atoms with Crippen molar-refractivity contribution in [2.45, 2.75) is 19.8 Å². The molecule has 0 spiro atoms. The molecule has 1 heterocycles. The Morgan fingerprint density at radius 1 is 1.21 bits per heavy atom. The van der Waals surface area contributed by atoms with E-state index >= 15 is 0 Å². The number of hydrogen-bond acceptors (Lipinski definition) is 3. The lowest BCUT2D eigenvalue weighted by Crippen LogP contribution is -2.14. The summed E-state index contributed by atoms with van der Waals surface area (Å²) in [6.45, 7) is 2.08. The van der Waals surface area contributed by atoms with Crippen molar-refractivity contribution in [1.29, 1.82) is 0 Å². The Labute approximate surface area is 140 Å². The molecule has 5 nitrogen and oxygen atoms in total. The van der Waals surface area contributed by atoms with Crippen LogP contribution in [0, 0.1) is 6.92 Å². The summed E-state index contributed by atoms with van der Waals surface area (Å²) in [5, 5.41) is 8.49. The van der Waals surface area contributed by atoms with Crippen molar-refractivity contribution >= 4 is 23.0 Å². The Morgan fingerprint density at radius 3 is 2.75 bits per heavy atom. The van der Waals surface area contributed by atoms with E-state index in [2.05, 4.69) is 41.2 Å². The van der Waals surface area contributed by atoms with Crippen molar-refractivity contribution in [2.75, 3.05) is 0 Å². The third-order valence-electron chi connectivity index (χ3n) is 3.86. The van der Waals surface area contributed by atoms with Crippen LogP contribution in [0.3, 0.4) is 0 Å². The van der Waals surface area contributed by atoms with Gasteiger partial charge in [0, 0.05) is 12.5 Å². The van der Waals surface area contributed by atoms with E-state index in [1.165, 1.54) is 17.2 Å². The summed E-state index contributed by atoms with van der Waals surface area (Å²) in [5.74, 6) is 0.387. The minimum absolute atomic E-state index is 0.557. The molecule has 0 saturated carbocycles. The third-order valence-corrected chi connectivity index (χ3v) is 3.86. The molecule has 0 aliphatic heterocycles. The van der Waals surface area contributed by atoms with Gasteiger partial charge in [0.15, 0.2) is 0 Å². The van der Waals surface area contributed by atoms with E-state index in [9.17, 15) is 4.79 Å². The molecule has 5 heteroatoms. The number of H-pyrrole nitrogens is 1. The molecular weight excluding hydrogens is 302 g/mol. The van der Waals surface area contributed by atoms with E-state index in [1.54, 1.807) is 11.6 Å². The number of nitrogens with one attached hydrogen (secondary N) is 2. The highest BCUT2D eigenvalue weighted by Gasteiger charge is 2.04. The van der Waals surface area contributed by atoms with Crippen LogP contribution in [0.25, 0.3) is 17.1 Å². The van der Waals surface area contributed by atoms with Crippen LogP contribution in [-0.4, -0.2) is 21.1 Å². The zero-order chi connectivity index (χ0) is 16.9. The third kappa shape index (κ3) is 3.88. The van der Waals surface area contributed by atoms with E-state index < -0.39 is 5.91 Å². The lowest BCUT2D eigenvalue weighted by molar-refractivity contribution is -0.124. The highest BCUT2D eigenvalue weighted by atomic mass is 16.5. The number of aryl methyl sites for hydroxylation is 3. The first kappa shape index (κ1) is 16.0. The van der Waals surface area contributed by atoms with E-state index in [0.717, 1.165) is 35.3 Å². The Hall–Kier alpha value is -2.92. The van der Waals surface area contributed by atoms with Gasteiger partial charge in [-0.15, -0.1) is 0 Å². The highest BCUT2D eigenvalue weighted by Crippen LogP contribution is 2.16. The molecule has 0 bridgehead atoms. The average molecular weight is 321 g/mol. The fourth-order valence-electron chi connectivity index (χ4n) is 2.53. The average Bonchev–Trinajstić information content (AvgIpc) is 3.01. The highest BCUT2D eigenvalue weighted by molar-refractivity contribution is 5.91. The van der Waals surface area contributed by atoms with Crippen molar-refractivity contribution in [3.05, 3.63) is 71.1 Å². The number of carbonyl (C=O) groups excluding carboxylic acids is 1. The fourth-order valence-corrected chi connectivity index (χ4v) is 2.53. The minimum atomic E-state index is -0.557. The Balaban J connectivity index is 1.72. The second-order valence-corrected chi connectivity index (χ2v) is 5.76. The summed E-state index contributed by atoms with van der Waals surface area (Å²) in [6.07, 6.45) is 4.69. The molecule has 3 N–H and O–H groups in total. The number of aromatic amines is 1. The van der Waals surface area contributed by atoms with Gasteiger partial charge in [0.05, 0.1) is 11.0 Å². The SMILES string of the molecule is Cc1ccc(CCc2nc3ccc(/C=C/C(=O)NO)cc3[nH]2)cc1. The summed E-state index contributed by atoms with van der Waals surface area (Å²) < 4.78 is 0. The molecule has 0 fully saturated rings. The van der Waals surface area contributed by atoms with Gasteiger partial charge in [-0.05, 0) is 42.7 Å². The van der Waals surface area contributed by atoms with Crippen LogP contribution in [0.4, 0.5) is 0 Å². The number of fused-ring (bicyclic) bond motifs is 1. The van der Waals surface area contributed by atoms with E-state index in [1.807, 2.05) is 18.2 Å². The molecule has 24 heavy (non-hydrogen) atoms. The monoisotopic (exact) mass is 321 g/mol. The van der Waals surface area contributed by atoms with Crippen LogP contribution < -0.4 is 5.48 Å². The molecular formula is C19H19N3O2. The number of imidazole rings is 1. The largest absolute Gasteiger partial charge is 0.342 e. The number of hydroxylamine groups is 1. The van der Waals surface area contributed by atoms with Crippen molar-refractivity contribution in [1.82, 2.24) is 15.4 Å². The summed E-state index contributed by atoms with van der Waals surface area (Å²) in [7, 11) is 0. The van der Waals surface area contributed by atoms with Crippen molar-refractivity contribution < 1.29 is 10.0 Å². The van der Waals surface area contributed by atoms with Crippen LogP contribution in [0.2, 0.25) is 0 Å². The van der Waals surface area contributed by atoms with Gasteiger partial charge < -0.3 is 4.98 Å². The van der Waals surface area contributed by atoms with Crippen LogP contribution in [-0.2, 0) is 17.6 Å². The first-order chi connectivity index (χ1) is 11.6. The smallest absolute Gasteiger partial charge is 0.267 e. The minimum Gasteiger partial charge on any atom is -0.342 e. The Bertz CT molecular complexity index is 879. The molecule has 0 aliphatic rings. The van der Waals surface area contributed by atoms with Gasteiger partial charge in [-0.1, -0.05) is 35.9 Å². The van der Waals surface area contributed by atoms with Gasteiger partial charge >= 0.3 is 0 Å². The number of benzene rings is 2. The number of aromatic nitrogens is 2. The van der Waals surface area contributed by atoms with Crippen molar-refractivity contribution in [2.24, 2.45) is 0 Å². The number of nitrogens with zero attached hydrogens (tertiary/aromatic N) is 1. The van der Waals surface area contributed by atoms with Crippen LogP contribution in [0.15, 0.2) is 48.5 Å². The molecule has 0 aliphatic carbocycles.